The Bertz CT molecular complexity index is 1180. The van der Waals surface area contributed by atoms with Gasteiger partial charge < -0.3 is 20.1 Å². The number of hydrogen-bond donors (Lipinski definition) is 2. The fourth-order valence-electron chi connectivity index (χ4n) is 2.68. The van der Waals surface area contributed by atoms with Gasteiger partial charge in [0.05, 0.1) is 6.54 Å². The van der Waals surface area contributed by atoms with Crippen molar-refractivity contribution in [3.05, 3.63) is 66.5 Å². The summed E-state index contributed by atoms with van der Waals surface area (Å²) < 4.78 is 46.4. The lowest BCUT2D eigenvalue weighted by Crippen LogP contribution is -2.32. The second-order valence-corrected chi connectivity index (χ2v) is 7.17. The number of carbonyl (C=O) groups excluding carboxylic acids is 1. The third-order valence-electron chi connectivity index (χ3n) is 4.35. The lowest BCUT2D eigenvalue weighted by Gasteiger charge is -2.11. The molecule has 2 N–H and O–H groups in total. The summed E-state index contributed by atoms with van der Waals surface area (Å²) in [4.78, 5) is 20.4. The Morgan fingerprint density at radius 2 is 1.79 bits per heavy atom. The molecule has 1 aliphatic rings. The molecule has 170 valence electrons. The zero-order valence-electron chi connectivity index (χ0n) is 17.1. The summed E-state index contributed by atoms with van der Waals surface area (Å²) in [6.07, 6.45) is -3.49. The first-order valence-corrected chi connectivity index (χ1v) is 9.63. The molecule has 12 heteroatoms. The molecule has 9 nitrogen and oxygen atoms in total. The molecule has 1 amide bonds. The predicted octanol–water partition coefficient (Wildman–Crippen LogP) is 4.82. The number of carbonyl (C=O) groups is 1. The standard InChI is InChI=1S/C21H17F3N6O3/c1-20(29-30-20)11-25-19(31)13-3-2-4-16(9-13)32-18-10-17(26-12-27-18)28-14-5-7-15(8-6-14)33-21(22,23)24/h2-10,12H,11H2,1H3,(H,25,31)(H,26,27,28). The van der Waals surface area contributed by atoms with Crippen LogP contribution in [0.5, 0.6) is 17.4 Å². The quantitative estimate of drug-likeness (QED) is 0.501. The number of rotatable bonds is 8. The average Bonchev–Trinajstić information content (AvgIpc) is 3.50. The minimum Gasteiger partial charge on any atom is -0.439 e. The third kappa shape index (κ3) is 6.38. The monoisotopic (exact) mass is 458 g/mol. The molecule has 3 aromatic rings. The Hall–Kier alpha value is -4.22. The topological polar surface area (TPSA) is 110 Å². The van der Waals surface area contributed by atoms with Crippen molar-refractivity contribution in [1.82, 2.24) is 15.3 Å². The van der Waals surface area contributed by atoms with E-state index in [1.807, 2.05) is 0 Å². The number of nitrogens with zero attached hydrogens (tertiary/aromatic N) is 4. The van der Waals surface area contributed by atoms with Crippen LogP contribution in [-0.2, 0) is 0 Å². The summed E-state index contributed by atoms with van der Waals surface area (Å²) in [6, 6.07) is 13.2. The van der Waals surface area contributed by atoms with Crippen molar-refractivity contribution >= 4 is 17.4 Å². The molecule has 0 unspecified atom stereocenters. The highest BCUT2D eigenvalue weighted by Gasteiger charge is 2.34. The molecule has 0 saturated heterocycles. The Labute approximate surface area is 185 Å². The number of halogens is 3. The molecule has 0 radical (unpaired) electrons. The largest absolute Gasteiger partial charge is 0.573 e. The number of benzene rings is 2. The van der Waals surface area contributed by atoms with E-state index < -0.39 is 12.0 Å². The fraction of sp³-hybridized carbons (Fsp3) is 0.190. The first-order valence-electron chi connectivity index (χ1n) is 9.63. The van der Waals surface area contributed by atoms with E-state index in [4.69, 9.17) is 4.74 Å². The maximum absolute atomic E-state index is 12.3. The van der Waals surface area contributed by atoms with Gasteiger partial charge in [-0.2, -0.15) is 10.2 Å². The number of hydrogen-bond acceptors (Lipinski definition) is 8. The first-order chi connectivity index (χ1) is 15.7. The Balaban J connectivity index is 1.38. The van der Waals surface area contributed by atoms with Crippen molar-refractivity contribution < 1.29 is 27.4 Å². The number of amides is 1. The van der Waals surface area contributed by atoms with Gasteiger partial charge in [-0.25, -0.2) is 9.97 Å². The van der Waals surface area contributed by atoms with Gasteiger partial charge in [0.25, 0.3) is 5.91 Å². The number of aromatic nitrogens is 2. The smallest absolute Gasteiger partial charge is 0.439 e. The van der Waals surface area contributed by atoms with E-state index in [1.165, 1.54) is 36.7 Å². The summed E-state index contributed by atoms with van der Waals surface area (Å²) in [7, 11) is 0. The number of alkyl halides is 3. The minimum atomic E-state index is -4.76. The molecule has 0 spiro atoms. The molecular formula is C21H17F3N6O3. The second-order valence-electron chi connectivity index (χ2n) is 7.17. The van der Waals surface area contributed by atoms with E-state index in [9.17, 15) is 18.0 Å². The summed E-state index contributed by atoms with van der Waals surface area (Å²) in [6.45, 7) is 2.11. The fourth-order valence-corrected chi connectivity index (χ4v) is 2.68. The van der Waals surface area contributed by atoms with E-state index in [-0.39, 0.29) is 17.5 Å². The molecule has 0 atom stereocenters. The van der Waals surface area contributed by atoms with Gasteiger partial charge in [-0.15, -0.1) is 13.2 Å². The van der Waals surface area contributed by atoms with Gasteiger partial charge >= 0.3 is 6.36 Å². The van der Waals surface area contributed by atoms with E-state index in [0.717, 1.165) is 0 Å². The second kappa shape index (κ2) is 8.73. The van der Waals surface area contributed by atoms with Crippen LogP contribution < -0.4 is 20.1 Å². The summed E-state index contributed by atoms with van der Waals surface area (Å²) in [5, 5.41) is 13.4. The Morgan fingerprint density at radius 3 is 2.48 bits per heavy atom. The predicted molar refractivity (Wildman–Crippen MR) is 111 cm³/mol. The highest BCUT2D eigenvalue weighted by Crippen LogP contribution is 2.27. The SMILES string of the molecule is CC1(CNC(=O)c2cccc(Oc3cc(Nc4ccc(OC(F)(F)F)cc4)ncn3)c2)N=N1. The minimum absolute atomic E-state index is 0.199. The van der Waals surface area contributed by atoms with Gasteiger partial charge in [-0.1, -0.05) is 6.07 Å². The molecule has 2 heterocycles. The van der Waals surface area contributed by atoms with Gasteiger partial charge in [0.2, 0.25) is 11.5 Å². The van der Waals surface area contributed by atoms with Crippen LogP contribution in [0.25, 0.3) is 0 Å². The Morgan fingerprint density at radius 1 is 1.03 bits per heavy atom. The maximum Gasteiger partial charge on any atom is 0.573 e. The summed E-state index contributed by atoms with van der Waals surface area (Å²) in [5.41, 5.74) is 0.334. The summed E-state index contributed by atoms with van der Waals surface area (Å²) >= 11 is 0. The van der Waals surface area contributed by atoms with Crippen molar-refractivity contribution in [2.24, 2.45) is 10.2 Å². The molecule has 1 aliphatic heterocycles. The van der Waals surface area contributed by atoms with Crippen LogP contribution in [-0.4, -0.2) is 34.4 Å². The third-order valence-corrected chi connectivity index (χ3v) is 4.35. The highest BCUT2D eigenvalue weighted by molar-refractivity contribution is 5.94. The number of ether oxygens (including phenoxy) is 2. The Kier molecular flexibility index (Phi) is 5.82. The van der Waals surface area contributed by atoms with Crippen molar-refractivity contribution in [3.63, 3.8) is 0 Å². The van der Waals surface area contributed by atoms with Crippen LogP contribution in [0.15, 0.2) is 71.2 Å². The normalized spacial score (nSPS) is 13.8. The van der Waals surface area contributed by atoms with Gasteiger partial charge in [0.1, 0.15) is 23.6 Å². The van der Waals surface area contributed by atoms with Crippen LogP contribution >= 0.6 is 0 Å². The molecule has 0 saturated carbocycles. The van der Waals surface area contributed by atoms with Crippen LogP contribution in [0.4, 0.5) is 24.7 Å². The van der Waals surface area contributed by atoms with Crippen LogP contribution in [0.3, 0.4) is 0 Å². The average molecular weight is 458 g/mol. The zero-order chi connectivity index (χ0) is 23.5. The molecule has 2 aromatic carbocycles. The number of anilines is 2. The molecule has 0 bridgehead atoms. The molecule has 33 heavy (non-hydrogen) atoms. The van der Waals surface area contributed by atoms with E-state index in [1.54, 1.807) is 31.2 Å². The molecular weight excluding hydrogens is 441 g/mol. The zero-order valence-corrected chi connectivity index (χ0v) is 17.1. The number of nitrogens with one attached hydrogen (secondary N) is 2. The first kappa shape index (κ1) is 22.0. The van der Waals surface area contributed by atoms with Gasteiger partial charge in [-0.05, 0) is 49.4 Å². The van der Waals surface area contributed by atoms with Crippen molar-refractivity contribution in [3.8, 4) is 17.4 Å². The van der Waals surface area contributed by atoms with E-state index >= 15 is 0 Å². The molecule has 1 aromatic heterocycles. The molecule has 0 fully saturated rings. The van der Waals surface area contributed by atoms with Crippen molar-refractivity contribution in [2.45, 2.75) is 18.9 Å². The highest BCUT2D eigenvalue weighted by atomic mass is 19.4. The molecule has 0 aliphatic carbocycles. The van der Waals surface area contributed by atoms with Gasteiger partial charge in [-0.3, -0.25) is 4.79 Å². The summed E-state index contributed by atoms with van der Waals surface area (Å²) in [5.74, 6) is 0.308. The lowest BCUT2D eigenvalue weighted by molar-refractivity contribution is -0.274. The van der Waals surface area contributed by atoms with Crippen LogP contribution in [0, 0.1) is 0 Å². The van der Waals surface area contributed by atoms with Crippen LogP contribution in [0.2, 0.25) is 0 Å². The molecule has 4 rings (SSSR count). The van der Waals surface area contributed by atoms with Crippen LogP contribution in [0.1, 0.15) is 17.3 Å². The van der Waals surface area contributed by atoms with Gasteiger partial charge in [0, 0.05) is 17.3 Å². The van der Waals surface area contributed by atoms with Crippen molar-refractivity contribution in [2.75, 3.05) is 11.9 Å². The van der Waals surface area contributed by atoms with E-state index in [2.05, 4.69) is 35.6 Å². The maximum atomic E-state index is 12.3. The van der Waals surface area contributed by atoms with Crippen molar-refractivity contribution in [1.29, 1.82) is 0 Å². The van der Waals surface area contributed by atoms with Gasteiger partial charge in [0.15, 0.2) is 0 Å². The van der Waals surface area contributed by atoms with E-state index in [0.29, 0.717) is 29.4 Å². The lowest BCUT2D eigenvalue weighted by atomic mass is 10.2.